The highest BCUT2D eigenvalue weighted by Crippen LogP contribution is 2.08. The van der Waals surface area contributed by atoms with Gasteiger partial charge in [0.25, 0.3) is 0 Å². The average molecular weight is 255 g/mol. The first-order chi connectivity index (χ1) is 9.27. The minimum atomic E-state index is 0.801. The van der Waals surface area contributed by atoms with E-state index in [1.54, 1.807) is 7.11 Å². The fourth-order valence-corrected chi connectivity index (χ4v) is 1.56. The number of unbranched alkanes of at least 4 members (excludes halogenated alkanes) is 2. The van der Waals surface area contributed by atoms with E-state index in [0.29, 0.717) is 0 Å². The molecule has 1 aromatic rings. The summed E-state index contributed by atoms with van der Waals surface area (Å²) in [5.74, 6) is 6.38. The fraction of sp³-hybridized carbons (Fsp3) is 0.353. The summed E-state index contributed by atoms with van der Waals surface area (Å²) in [6.07, 6.45) is 5.25. The summed E-state index contributed by atoms with van der Waals surface area (Å²) < 4.78 is 0. The number of nitrogens with zero attached hydrogens (tertiary/aromatic N) is 1. The zero-order valence-electron chi connectivity index (χ0n) is 11.9. The van der Waals surface area contributed by atoms with Gasteiger partial charge in [0.05, 0.1) is 5.71 Å². The first kappa shape index (κ1) is 15.0. The van der Waals surface area contributed by atoms with Gasteiger partial charge in [-0.3, -0.25) is 0 Å². The number of benzene rings is 1. The lowest BCUT2D eigenvalue weighted by molar-refractivity contribution is 0.213. The van der Waals surface area contributed by atoms with Crippen molar-refractivity contribution in [3.63, 3.8) is 0 Å². The Morgan fingerprint density at radius 1 is 1.32 bits per heavy atom. The van der Waals surface area contributed by atoms with Crippen molar-refractivity contribution in [1.29, 1.82) is 0 Å². The summed E-state index contributed by atoms with van der Waals surface area (Å²) in [6.45, 7) is 4.08. The van der Waals surface area contributed by atoms with Crippen LogP contribution < -0.4 is 0 Å². The molecule has 0 aliphatic rings. The van der Waals surface area contributed by atoms with E-state index in [1.807, 2.05) is 43.3 Å². The fourth-order valence-electron chi connectivity index (χ4n) is 1.56. The van der Waals surface area contributed by atoms with E-state index in [1.165, 1.54) is 0 Å². The van der Waals surface area contributed by atoms with E-state index in [-0.39, 0.29) is 0 Å². The molecule has 100 valence electrons. The molecule has 0 saturated carbocycles. The van der Waals surface area contributed by atoms with E-state index in [9.17, 15) is 0 Å². The largest absolute Gasteiger partial charge is 0.399 e. The van der Waals surface area contributed by atoms with Gasteiger partial charge in [-0.05, 0) is 25.0 Å². The molecule has 0 amide bonds. The van der Waals surface area contributed by atoms with Crippen LogP contribution in [0.1, 0.15) is 38.7 Å². The summed E-state index contributed by atoms with van der Waals surface area (Å²) in [4.78, 5) is 4.83. The van der Waals surface area contributed by atoms with Crippen molar-refractivity contribution >= 4 is 11.8 Å². The maximum Gasteiger partial charge on any atom is 0.106 e. The van der Waals surface area contributed by atoms with E-state index in [4.69, 9.17) is 4.84 Å². The van der Waals surface area contributed by atoms with E-state index < -0.39 is 0 Å². The van der Waals surface area contributed by atoms with Crippen LogP contribution in [0, 0.1) is 11.8 Å². The highest BCUT2D eigenvalue weighted by atomic mass is 16.6. The summed E-state index contributed by atoms with van der Waals surface area (Å²) in [6, 6.07) is 10.1. The van der Waals surface area contributed by atoms with E-state index in [2.05, 4.69) is 23.9 Å². The van der Waals surface area contributed by atoms with Gasteiger partial charge in [0.2, 0.25) is 0 Å². The summed E-state index contributed by atoms with van der Waals surface area (Å²) >= 11 is 0. The Balaban J connectivity index is 2.95. The Labute approximate surface area is 116 Å². The number of hydrogen-bond donors (Lipinski definition) is 0. The second kappa shape index (κ2) is 8.99. The van der Waals surface area contributed by atoms with Crippen molar-refractivity contribution in [1.82, 2.24) is 0 Å². The Hall–Kier alpha value is -2.01. The number of oxime groups is 1. The van der Waals surface area contributed by atoms with Crippen LogP contribution >= 0.6 is 0 Å². The molecule has 0 fully saturated rings. The van der Waals surface area contributed by atoms with Crippen molar-refractivity contribution in [2.24, 2.45) is 5.16 Å². The van der Waals surface area contributed by atoms with Crippen molar-refractivity contribution in [3.8, 4) is 11.8 Å². The smallest absolute Gasteiger partial charge is 0.106 e. The van der Waals surface area contributed by atoms with Crippen molar-refractivity contribution in [3.05, 3.63) is 41.5 Å². The molecule has 0 N–H and O–H groups in total. The molecule has 0 saturated heterocycles. The zero-order valence-corrected chi connectivity index (χ0v) is 11.9. The first-order valence-electron chi connectivity index (χ1n) is 6.61. The van der Waals surface area contributed by atoms with Crippen LogP contribution in [-0.4, -0.2) is 12.8 Å². The molecular weight excluding hydrogens is 234 g/mol. The molecule has 0 bridgehead atoms. The highest BCUT2D eigenvalue weighted by Gasteiger charge is 1.99. The molecule has 19 heavy (non-hydrogen) atoms. The van der Waals surface area contributed by atoms with Crippen LogP contribution in [0.4, 0.5) is 0 Å². The van der Waals surface area contributed by atoms with Crippen LogP contribution in [0.3, 0.4) is 0 Å². The number of rotatable bonds is 5. The molecule has 1 rings (SSSR count). The lowest BCUT2D eigenvalue weighted by atomic mass is 10.1. The average Bonchev–Trinajstić information content (AvgIpc) is 2.43. The topological polar surface area (TPSA) is 21.6 Å². The molecule has 0 unspecified atom stereocenters. The van der Waals surface area contributed by atoms with E-state index in [0.717, 1.165) is 36.1 Å². The zero-order chi connectivity index (χ0) is 13.9. The van der Waals surface area contributed by atoms with Gasteiger partial charge in [-0.1, -0.05) is 60.7 Å². The predicted molar refractivity (Wildman–Crippen MR) is 81.8 cm³/mol. The second-order valence-corrected chi connectivity index (χ2v) is 4.23. The molecule has 0 radical (unpaired) electrons. The quantitative estimate of drug-likeness (QED) is 0.333. The summed E-state index contributed by atoms with van der Waals surface area (Å²) in [5, 5.41) is 3.97. The van der Waals surface area contributed by atoms with Crippen molar-refractivity contribution in [2.45, 2.75) is 33.1 Å². The maximum atomic E-state index is 4.83. The standard InChI is InChI=1S/C17H21NO/c1-4-5-6-10-13-17(15(2)18-19-3)14-16-11-8-7-9-12-16/h7-9,11-12,14H,4-6H2,1-3H3/b17-14-,18-15+. The number of allylic oxidation sites excluding steroid dienone is 1. The van der Waals surface area contributed by atoms with Crippen LogP contribution in [0.25, 0.3) is 6.08 Å². The maximum absolute atomic E-state index is 4.83. The van der Waals surface area contributed by atoms with Gasteiger partial charge in [0.15, 0.2) is 0 Å². The van der Waals surface area contributed by atoms with Crippen LogP contribution in [0.5, 0.6) is 0 Å². The molecule has 0 spiro atoms. The SMILES string of the molecule is CCCCC#CC(=C/c1ccccc1)/C(C)=N/OC. The van der Waals surface area contributed by atoms with E-state index >= 15 is 0 Å². The van der Waals surface area contributed by atoms with Gasteiger partial charge in [-0.2, -0.15) is 0 Å². The molecule has 2 heteroatoms. The third kappa shape index (κ3) is 5.92. The second-order valence-electron chi connectivity index (χ2n) is 4.23. The number of hydrogen-bond acceptors (Lipinski definition) is 2. The van der Waals surface area contributed by atoms with Crippen molar-refractivity contribution in [2.75, 3.05) is 7.11 Å². The molecule has 0 aromatic heterocycles. The lowest BCUT2D eigenvalue weighted by Crippen LogP contribution is -1.96. The molecule has 2 nitrogen and oxygen atoms in total. The summed E-state index contributed by atoms with van der Waals surface area (Å²) in [5.41, 5.74) is 2.83. The Morgan fingerprint density at radius 3 is 2.68 bits per heavy atom. The van der Waals surface area contributed by atoms with Gasteiger partial charge < -0.3 is 4.84 Å². The highest BCUT2D eigenvalue weighted by molar-refractivity contribution is 6.05. The minimum absolute atomic E-state index is 0.801. The van der Waals surface area contributed by atoms with Gasteiger partial charge in [-0.25, -0.2) is 0 Å². The molecule has 1 aromatic carbocycles. The first-order valence-corrected chi connectivity index (χ1v) is 6.61. The van der Waals surface area contributed by atoms with Gasteiger partial charge in [0.1, 0.15) is 7.11 Å². The molecular formula is C17H21NO. The Kier molecular flexibility index (Phi) is 7.12. The normalized spacial score (nSPS) is 11.7. The predicted octanol–water partition coefficient (Wildman–Crippen LogP) is 4.29. The summed E-state index contributed by atoms with van der Waals surface area (Å²) in [7, 11) is 1.55. The monoisotopic (exact) mass is 255 g/mol. The minimum Gasteiger partial charge on any atom is -0.399 e. The van der Waals surface area contributed by atoms with Gasteiger partial charge >= 0.3 is 0 Å². The van der Waals surface area contributed by atoms with Gasteiger partial charge in [-0.15, -0.1) is 0 Å². The van der Waals surface area contributed by atoms with Gasteiger partial charge in [0, 0.05) is 12.0 Å². The van der Waals surface area contributed by atoms with Crippen LogP contribution in [-0.2, 0) is 4.84 Å². The van der Waals surface area contributed by atoms with Crippen LogP contribution in [0.2, 0.25) is 0 Å². The molecule has 0 aliphatic heterocycles. The molecule has 0 aliphatic carbocycles. The third-order valence-corrected chi connectivity index (χ3v) is 2.61. The van der Waals surface area contributed by atoms with Crippen LogP contribution in [0.15, 0.2) is 41.1 Å². The molecule has 0 atom stereocenters. The molecule has 0 heterocycles. The lowest BCUT2D eigenvalue weighted by Gasteiger charge is -1.99. The van der Waals surface area contributed by atoms with Crippen molar-refractivity contribution < 1.29 is 4.84 Å². The Bertz CT molecular complexity index is 489. The third-order valence-electron chi connectivity index (χ3n) is 2.61. The Morgan fingerprint density at radius 2 is 2.05 bits per heavy atom.